The molecule has 0 radical (unpaired) electrons. The molecule has 0 aliphatic rings. The molecular formula is C58H38N2S. The van der Waals surface area contributed by atoms with Crippen LogP contribution in [0.3, 0.4) is 0 Å². The predicted octanol–water partition coefficient (Wildman–Crippen LogP) is 16.8. The average Bonchev–Trinajstić information content (AvgIpc) is 3.88. The first-order valence-corrected chi connectivity index (χ1v) is 21.6. The molecule has 10 aromatic carbocycles. The van der Waals surface area contributed by atoms with Gasteiger partial charge in [-0.25, -0.2) is 0 Å². The number of thiophene rings is 1. The minimum absolute atomic E-state index is 1.11. The van der Waals surface area contributed by atoms with E-state index in [9.17, 15) is 0 Å². The maximum atomic E-state index is 2.43. The SMILES string of the molecule is c1ccc(-n2c3ccccc3c3cc(-c4ccc(N(c5ccc(-c6cccc(-c7ccc8ccccc8c7)c6)cc5)c5cccc6sc7ccccc7c56)cc4)ccc32)cc1. The van der Waals surface area contributed by atoms with Crippen LogP contribution in [0.1, 0.15) is 0 Å². The highest BCUT2D eigenvalue weighted by atomic mass is 32.1. The summed E-state index contributed by atoms with van der Waals surface area (Å²) in [6.45, 7) is 0. The molecule has 2 heterocycles. The lowest BCUT2D eigenvalue weighted by Gasteiger charge is -2.27. The molecule has 0 unspecified atom stereocenters. The van der Waals surface area contributed by atoms with E-state index >= 15 is 0 Å². The fraction of sp³-hybridized carbons (Fsp3) is 0. The van der Waals surface area contributed by atoms with Gasteiger partial charge in [-0.15, -0.1) is 11.3 Å². The molecular weight excluding hydrogens is 757 g/mol. The van der Waals surface area contributed by atoms with Crippen LogP contribution in [-0.2, 0) is 0 Å². The molecule has 2 nitrogen and oxygen atoms in total. The Morgan fingerprint density at radius 1 is 0.328 bits per heavy atom. The summed E-state index contributed by atoms with van der Waals surface area (Å²) in [5.74, 6) is 0. The zero-order valence-corrected chi connectivity index (χ0v) is 34.1. The number of aromatic nitrogens is 1. The van der Waals surface area contributed by atoms with Crippen LogP contribution in [0, 0.1) is 0 Å². The lowest BCUT2D eigenvalue weighted by atomic mass is 9.97. The smallest absolute Gasteiger partial charge is 0.0554 e. The maximum Gasteiger partial charge on any atom is 0.0554 e. The second-order valence-electron chi connectivity index (χ2n) is 15.7. The highest BCUT2D eigenvalue weighted by Gasteiger charge is 2.19. The van der Waals surface area contributed by atoms with E-state index in [0.29, 0.717) is 0 Å². The molecule has 12 rings (SSSR count). The van der Waals surface area contributed by atoms with Gasteiger partial charge in [-0.1, -0.05) is 146 Å². The minimum atomic E-state index is 1.11. The van der Waals surface area contributed by atoms with E-state index < -0.39 is 0 Å². The molecule has 0 atom stereocenters. The first-order valence-electron chi connectivity index (χ1n) is 20.8. The molecule has 0 saturated heterocycles. The first kappa shape index (κ1) is 35.2. The molecule has 12 aromatic rings. The van der Waals surface area contributed by atoms with Gasteiger partial charge in [0, 0.05) is 48.0 Å². The van der Waals surface area contributed by atoms with Gasteiger partial charge in [-0.3, -0.25) is 0 Å². The summed E-state index contributed by atoms with van der Waals surface area (Å²) >= 11 is 1.86. The largest absolute Gasteiger partial charge is 0.310 e. The number of fused-ring (bicyclic) bond motifs is 7. The van der Waals surface area contributed by atoms with Crippen molar-refractivity contribution >= 4 is 81.1 Å². The van der Waals surface area contributed by atoms with Gasteiger partial charge in [-0.05, 0) is 129 Å². The van der Waals surface area contributed by atoms with Gasteiger partial charge in [0.15, 0.2) is 0 Å². The molecule has 0 spiro atoms. The van der Waals surface area contributed by atoms with E-state index in [1.54, 1.807) is 0 Å². The number of hydrogen-bond donors (Lipinski definition) is 0. The Morgan fingerprint density at radius 2 is 0.885 bits per heavy atom. The summed E-state index contributed by atoms with van der Waals surface area (Å²) in [5, 5.41) is 7.58. The zero-order valence-electron chi connectivity index (χ0n) is 33.2. The van der Waals surface area contributed by atoms with Crippen molar-refractivity contribution in [1.29, 1.82) is 0 Å². The van der Waals surface area contributed by atoms with Crippen LogP contribution in [0.15, 0.2) is 231 Å². The molecule has 286 valence electrons. The van der Waals surface area contributed by atoms with Crippen molar-refractivity contribution in [2.75, 3.05) is 4.90 Å². The number of benzene rings is 10. The summed E-state index contributed by atoms with van der Waals surface area (Å²) < 4.78 is 4.95. The van der Waals surface area contributed by atoms with Crippen LogP contribution >= 0.6 is 11.3 Å². The van der Waals surface area contributed by atoms with Crippen LogP contribution < -0.4 is 4.90 Å². The van der Waals surface area contributed by atoms with Crippen LogP contribution in [0.5, 0.6) is 0 Å². The molecule has 3 heteroatoms. The monoisotopic (exact) mass is 794 g/mol. The first-order chi connectivity index (χ1) is 30.2. The third-order valence-corrected chi connectivity index (χ3v) is 13.3. The molecule has 0 aliphatic heterocycles. The average molecular weight is 795 g/mol. The number of para-hydroxylation sites is 2. The predicted molar refractivity (Wildman–Crippen MR) is 262 cm³/mol. The molecule has 61 heavy (non-hydrogen) atoms. The molecule has 0 bridgehead atoms. The lowest BCUT2D eigenvalue weighted by molar-refractivity contribution is 1.18. The Bertz CT molecular complexity index is 3580. The minimum Gasteiger partial charge on any atom is -0.310 e. The van der Waals surface area contributed by atoms with Crippen LogP contribution in [-0.4, -0.2) is 4.57 Å². The number of rotatable bonds is 7. The lowest BCUT2D eigenvalue weighted by Crippen LogP contribution is -2.10. The van der Waals surface area contributed by atoms with Gasteiger partial charge in [0.05, 0.1) is 16.7 Å². The van der Waals surface area contributed by atoms with Crippen molar-refractivity contribution in [2.24, 2.45) is 0 Å². The standard InChI is InChI=1S/C58H38N2S/c1-2-16-47(17-3-1)60-53-20-8-6-18-50(53)52-38-46(30-35-54(52)60)41-28-33-49(34-29-41)59(55-21-11-23-57-58(55)51-19-7-9-22-56(51)61-57)48-31-26-40(27-32-48)43-14-10-15-44(36-43)45-25-24-39-12-4-5-13-42(39)37-45/h1-38H. The second kappa shape index (κ2) is 14.5. The Hall–Kier alpha value is -7.72. The van der Waals surface area contributed by atoms with Gasteiger partial charge in [0.1, 0.15) is 0 Å². The zero-order chi connectivity index (χ0) is 40.3. The summed E-state index contributed by atoms with van der Waals surface area (Å²) in [7, 11) is 0. The van der Waals surface area contributed by atoms with E-state index in [1.807, 2.05) is 11.3 Å². The third-order valence-electron chi connectivity index (χ3n) is 12.2. The van der Waals surface area contributed by atoms with Crippen molar-refractivity contribution in [3.05, 3.63) is 231 Å². The fourth-order valence-electron chi connectivity index (χ4n) is 9.23. The van der Waals surface area contributed by atoms with Crippen molar-refractivity contribution in [2.45, 2.75) is 0 Å². The molecule has 0 saturated carbocycles. The Morgan fingerprint density at radius 3 is 1.67 bits per heavy atom. The Labute approximate surface area is 358 Å². The van der Waals surface area contributed by atoms with Gasteiger partial charge in [0.25, 0.3) is 0 Å². The van der Waals surface area contributed by atoms with E-state index in [4.69, 9.17) is 0 Å². The van der Waals surface area contributed by atoms with Gasteiger partial charge in [-0.2, -0.15) is 0 Å². The Kier molecular flexibility index (Phi) is 8.39. The van der Waals surface area contributed by atoms with Crippen LogP contribution in [0.2, 0.25) is 0 Å². The number of hydrogen-bond acceptors (Lipinski definition) is 2. The molecule has 0 fully saturated rings. The summed E-state index contributed by atoms with van der Waals surface area (Å²) in [5.41, 5.74) is 14.2. The molecule has 0 N–H and O–H groups in total. The Balaban J connectivity index is 0.946. The van der Waals surface area contributed by atoms with E-state index in [0.717, 1.165) is 11.4 Å². The van der Waals surface area contributed by atoms with Crippen LogP contribution in [0.25, 0.3) is 91.8 Å². The van der Waals surface area contributed by atoms with E-state index in [1.165, 1.54) is 97.5 Å². The second-order valence-corrected chi connectivity index (χ2v) is 16.8. The quantitative estimate of drug-likeness (QED) is 0.156. The molecule has 0 amide bonds. The van der Waals surface area contributed by atoms with Gasteiger partial charge >= 0.3 is 0 Å². The van der Waals surface area contributed by atoms with Crippen molar-refractivity contribution in [3.63, 3.8) is 0 Å². The van der Waals surface area contributed by atoms with E-state index in [-0.39, 0.29) is 0 Å². The number of anilines is 3. The highest BCUT2D eigenvalue weighted by molar-refractivity contribution is 7.26. The van der Waals surface area contributed by atoms with Gasteiger partial charge in [0.2, 0.25) is 0 Å². The normalized spacial score (nSPS) is 11.6. The fourth-order valence-corrected chi connectivity index (χ4v) is 10.4. The van der Waals surface area contributed by atoms with Crippen molar-refractivity contribution in [1.82, 2.24) is 4.57 Å². The highest BCUT2D eigenvalue weighted by Crippen LogP contribution is 2.45. The maximum absolute atomic E-state index is 2.43. The van der Waals surface area contributed by atoms with Gasteiger partial charge < -0.3 is 9.47 Å². The number of nitrogens with zero attached hydrogens (tertiary/aromatic N) is 2. The van der Waals surface area contributed by atoms with Crippen molar-refractivity contribution in [3.8, 4) is 39.1 Å². The van der Waals surface area contributed by atoms with Crippen LogP contribution in [0.4, 0.5) is 17.1 Å². The summed E-state index contributed by atoms with van der Waals surface area (Å²) in [6.07, 6.45) is 0. The van der Waals surface area contributed by atoms with Crippen molar-refractivity contribution < 1.29 is 0 Å². The van der Waals surface area contributed by atoms with E-state index in [2.05, 4.69) is 240 Å². The summed E-state index contributed by atoms with van der Waals surface area (Å²) in [6, 6.07) is 84.2. The molecule has 2 aromatic heterocycles. The topological polar surface area (TPSA) is 8.17 Å². The molecule has 0 aliphatic carbocycles. The summed E-state index contributed by atoms with van der Waals surface area (Å²) in [4.78, 5) is 2.43. The third kappa shape index (κ3) is 6.09.